The number of nitrogen functional groups attached to an aromatic ring is 1. The number of nitrogens with one attached hydrogen (secondary N) is 1. The van der Waals surface area contributed by atoms with E-state index in [1.54, 1.807) is 18.3 Å². The van der Waals surface area contributed by atoms with Crippen LogP contribution >= 0.6 is 0 Å². The minimum absolute atomic E-state index is 0.0323. The van der Waals surface area contributed by atoms with Crippen LogP contribution in [0.1, 0.15) is 35.4 Å². The molecule has 4 nitrogen and oxygen atoms in total. The van der Waals surface area contributed by atoms with Crippen molar-refractivity contribution in [2.45, 2.75) is 19.4 Å². The smallest absolute Gasteiger partial charge is 0.272 e. The molecule has 1 atom stereocenters. The summed E-state index contributed by atoms with van der Waals surface area (Å²) >= 11 is 0. The number of anilines is 1. The Balaban J connectivity index is 2.16. The van der Waals surface area contributed by atoms with Gasteiger partial charge in [-0.1, -0.05) is 37.3 Å². The first-order valence-corrected chi connectivity index (χ1v) is 6.28. The fraction of sp³-hybridized carbons (Fsp3) is 0.200. The Morgan fingerprint density at radius 2 is 2.00 bits per heavy atom. The Morgan fingerprint density at radius 1 is 1.26 bits per heavy atom. The number of carbonyl (C=O) groups is 1. The predicted molar refractivity (Wildman–Crippen MR) is 75.6 cm³/mol. The van der Waals surface area contributed by atoms with Crippen LogP contribution in [0.5, 0.6) is 0 Å². The van der Waals surface area contributed by atoms with Gasteiger partial charge in [-0.3, -0.25) is 4.79 Å². The van der Waals surface area contributed by atoms with Crippen molar-refractivity contribution in [3.8, 4) is 0 Å². The van der Waals surface area contributed by atoms with Crippen molar-refractivity contribution >= 4 is 11.6 Å². The van der Waals surface area contributed by atoms with Crippen molar-refractivity contribution < 1.29 is 4.79 Å². The number of benzene rings is 1. The molecule has 2 rings (SSSR count). The van der Waals surface area contributed by atoms with Crippen molar-refractivity contribution in [3.05, 3.63) is 59.9 Å². The standard InChI is InChI=1S/C15H17N3O/c1-2-13(11-7-4-3-5-8-11)18-15(19)14-12(16)9-6-10-17-14/h3-10,13H,2,16H2,1H3,(H,18,19). The van der Waals surface area contributed by atoms with Crippen molar-refractivity contribution in [1.82, 2.24) is 10.3 Å². The van der Waals surface area contributed by atoms with Crippen LogP contribution in [-0.2, 0) is 0 Å². The lowest BCUT2D eigenvalue weighted by Gasteiger charge is -2.17. The zero-order valence-electron chi connectivity index (χ0n) is 10.8. The first-order chi connectivity index (χ1) is 9.22. The second-order valence-corrected chi connectivity index (χ2v) is 4.29. The third kappa shape index (κ3) is 3.10. The molecule has 98 valence electrons. The van der Waals surface area contributed by atoms with Gasteiger partial charge in [0.05, 0.1) is 11.7 Å². The molecular formula is C15H17N3O. The largest absolute Gasteiger partial charge is 0.397 e. The molecule has 0 bridgehead atoms. The molecule has 4 heteroatoms. The lowest BCUT2D eigenvalue weighted by Crippen LogP contribution is -2.29. The molecule has 2 aromatic rings. The summed E-state index contributed by atoms with van der Waals surface area (Å²) in [4.78, 5) is 16.2. The SMILES string of the molecule is CCC(NC(=O)c1ncccc1N)c1ccccc1. The lowest BCUT2D eigenvalue weighted by molar-refractivity contribution is 0.0931. The first-order valence-electron chi connectivity index (χ1n) is 6.28. The molecule has 0 aliphatic rings. The van der Waals surface area contributed by atoms with Gasteiger partial charge in [-0.15, -0.1) is 0 Å². The number of aromatic nitrogens is 1. The van der Waals surface area contributed by atoms with Crippen LogP contribution in [0.2, 0.25) is 0 Å². The van der Waals surface area contributed by atoms with Crippen molar-refractivity contribution in [2.24, 2.45) is 0 Å². The number of nitrogens with zero attached hydrogens (tertiary/aromatic N) is 1. The molecular weight excluding hydrogens is 238 g/mol. The topological polar surface area (TPSA) is 68.0 Å². The number of hydrogen-bond donors (Lipinski definition) is 2. The van der Waals surface area contributed by atoms with E-state index in [0.717, 1.165) is 12.0 Å². The molecule has 0 radical (unpaired) electrons. The molecule has 1 aromatic heterocycles. The van der Waals surface area contributed by atoms with Gasteiger partial charge in [0.1, 0.15) is 0 Å². The van der Waals surface area contributed by atoms with Crippen LogP contribution in [0.15, 0.2) is 48.7 Å². The molecule has 3 N–H and O–H groups in total. The average molecular weight is 255 g/mol. The zero-order valence-corrected chi connectivity index (χ0v) is 10.8. The molecule has 0 fully saturated rings. The fourth-order valence-corrected chi connectivity index (χ4v) is 1.94. The lowest BCUT2D eigenvalue weighted by atomic mass is 10.0. The van der Waals surface area contributed by atoms with Crippen LogP contribution in [0.3, 0.4) is 0 Å². The maximum atomic E-state index is 12.2. The van der Waals surface area contributed by atoms with Gasteiger partial charge in [-0.25, -0.2) is 4.98 Å². The first kappa shape index (κ1) is 13.1. The average Bonchev–Trinajstić information content (AvgIpc) is 2.46. The number of hydrogen-bond acceptors (Lipinski definition) is 3. The third-order valence-electron chi connectivity index (χ3n) is 2.97. The van der Waals surface area contributed by atoms with Gasteiger partial charge in [0.15, 0.2) is 5.69 Å². The highest BCUT2D eigenvalue weighted by molar-refractivity contribution is 5.97. The van der Waals surface area contributed by atoms with E-state index in [-0.39, 0.29) is 17.6 Å². The quantitative estimate of drug-likeness (QED) is 0.882. The normalized spacial score (nSPS) is 11.8. The summed E-state index contributed by atoms with van der Waals surface area (Å²) in [6.07, 6.45) is 2.37. The maximum Gasteiger partial charge on any atom is 0.272 e. The van der Waals surface area contributed by atoms with E-state index in [1.165, 1.54) is 0 Å². The van der Waals surface area contributed by atoms with Gasteiger partial charge in [-0.2, -0.15) is 0 Å². The van der Waals surface area contributed by atoms with E-state index in [1.807, 2.05) is 37.3 Å². The van der Waals surface area contributed by atoms with Crippen molar-refractivity contribution in [3.63, 3.8) is 0 Å². The van der Waals surface area contributed by atoms with Gasteiger partial charge >= 0.3 is 0 Å². The maximum absolute atomic E-state index is 12.2. The van der Waals surface area contributed by atoms with Crippen LogP contribution in [0.4, 0.5) is 5.69 Å². The number of nitrogens with two attached hydrogens (primary N) is 1. The molecule has 1 amide bonds. The molecule has 0 aliphatic carbocycles. The van der Waals surface area contributed by atoms with E-state index in [2.05, 4.69) is 10.3 Å². The molecule has 0 aliphatic heterocycles. The minimum atomic E-state index is -0.242. The molecule has 0 saturated heterocycles. The van der Waals surface area contributed by atoms with Crippen LogP contribution in [0, 0.1) is 0 Å². The number of pyridine rings is 1. The molecule has 1 heterocycles. The number of rotatable bonds is 4. The molecule has 1 aromatic carbocycles. The second kappa shape index (κ2) is 6.00. The second-order valence-electron chi connectivity index (χ2n) is 4.29. The summed E-state index contributed by atoms with van der Waals surface area (Å²) in [6.45, 7) is 2.03. The Kier molecular flexibility index (Phi) is 4.13. The zero-order chi connectivity index (χ0) is 13.7. The highest BCUT2D eigenvalue weighted by atomic mass is 16.1. The van der Waals surface area contributed by atoms with E-state index in [9.17, 15) is 4.79 Å². The Bertz CT molecular complexity index is 554. The van der Waals surface area contributed by atoms with E-state index in [0.29, 0.717) is 5.69 Å². The highest BCUT2D eigenvalue weighted by Gasteiger charge is 2.16. The van der Waals surface area contributed by atoms with E-state index >= 15 is 0 Å². The summed E-state index contributed by atoms with van der Waals surface area (Å²) in [5.41, 5.74) is 7.50. The van der Waals surface area contributed by atoms with E-state index in [4.69, 9.17) is 5.73 Å². The Labute approximate surface area is 112 Å². The summed E-state index contributed by atoms with van der Waals surface area (Å²) in [6, 6.07) is 13.2. The fourth-order valence-electron chi connectivity index (χ4n) is 1.94. The third-order valence-corrected chi connectivity index (χ3v) is 2.97. The number of carbonyl (C=O) groups excluding carboxylic acids is 1. The summed E-state index contributed by atoms with van der Waals surface area (Å²) < 4.78 is 0. The Hall–Kier alpha value is -2.36. The molecule has 0 saturated carbocycles. The molecule has 0 spiro atoms. The van der Waals surface area contributed by atoms with Gasteiger partial charge in [0, 0.05) is 6.20 Å². The predicted octanol–water partition coefficient (Wildman–Crippen LogP) is 2.54. The summed E-state index contributed by atoms with van der Waals surface area (Å²) in [5.74, 6) is -0.242. The summed E-state index contributed by atoms with van der Waals surface area (Å²) in [5, 5.41) is 2.96. The van der Waals surface area contributed by atoms with Crippen molar-refractivity contribution in [1.29, 1.82) is 0 Å². The highest BCUT2D eigenvalue weighted by Crippen LogP contribution is 2.17. The van der Waals surface area contributed by atoms with Gasteiger partial charge in [0.2, 0.25) is 0 Å². The van der Waals surface area contributed by atoms with Gasteiger partial charge < -0.3 is 11.1 Å². The van der Waals surface area contributed by atoms with Gasteiger partial charge in [-0.05, 0) is 24.1 Å². The Morgan fingerprint density at radius 3 is 2.63 bits per heavy atom. The summed E-state index contributed by atoms with van der Waals surface area (Å²) in [7, 11) is 0. The van der Waals surface area contributed by atoms with Gasteiger partial charge in [0.25, 0.3) is 5.91 Å². The van der Waals surface area contributed by atoms with Crippen LogP contribution in [0.25, 0.3) is 0 Å². The number of amides is 1. The molecule has 1 unspecified atom stereocenters. The van der Waals surface area contributed by atoms with Crippen LogP contribution < -0.4 is 11.1 Å². The minimum Gasteiger partial charge on any atom is -0.397 e. The van der Waals surface area contributed by atoms with Crippen LogP contribution in [-0.4, -0.2) is 10.9 Å². The van der Waals surface area contributed by atoms with E-state index < -0.39 is 0 Å². The molecule has 19 heavy (non-hydrogen) atoms. The van der Waals surface area contributed by atoms with Crippen molar-refractivity contribution in [2.75, 3.05) is 5.73 Å². The monoisotopic (exact) mass is 255 g/mol.